The smallest absolute Gasteiger partial charge is 0.205 e. The lowest BCUT2D eigenvalue weighted by Gasteiger charge is -2.34. The second-order valence-corrected chi connectivity index (χ2v) is 9.90. The maximum atomic E-state index is 14.9. The molecule has 0 saturated heterocycles. The molecule has 0 radical (unpaired) electrons. The maximum absolute atomic E-state index is 14.9. The van der Waals surface area contributed by atoms with E-state index in [1.807, 2.05) is 56.7 Å². The number of aromatic hydroxyl groups is 1. The molecule has 36 heavy (non-hydrogen) atoms. The lowest BCUT2D eigenvalue weighted by Crippen LogP contribution is -2.55. The third-order valence-corrected chi connectivity index (χ3v) is 7.18. The minimum Gasteiger partial charge on any atom is -0.508 e. The van der Waals surface area contributed by atoms with E-state index in [2.05, 4.69) is 15.5 Å². The zero-order valence-corrected chi connectivity index (χ0v) is 20.5. The molecule has 2 atom stereocenters. The van der Waals surface area contributed by atoms with E-state index in [1.54, 1.807) is 18.2 Å². The summed E-state index contributed by atoms with van der Waals surface area (Å²) in [5.41, 5.74) is 1.38. The number of hydrogen-bond acceptors (Lipinski definition) is 5. The summed E-state index contributed by atoms with van der Waals surface area (Å²) in [6.45, 7) is 0.302. The van der Waals surface area contributed by atoms with Crippen LogP contribution in [0.4, 0.5) is 4.39 Å². The quantitative estimate of drug-likeness (QED) is 0.213. The molecular weight excluding hydrogens is 457 g/mol. The van der Waals surface area contributed by atoms with Crippen LogP contribution in [0.1, 0.15) is 24.0 Å². The van der Waals surface area contributed by atoms with Crippen LogP contribution in [0.25, 0.3) is 10.8 Å². The van der Waals surface area contributed by atoms with Crippen molar-refractivity contribution in [3.05, 3.63) is 71.5 Å². The van der Waals surface area contributed by atoms with Crippen molar-refractivity contribution in [3.8, 4) is 17.7 Å². The van der Waals surface area contributed by atoms with E-state index in [4.69, 9.17) is 9.73 Å². The highest BCUT2D eigenvalue weighted by atomic mass is 19.1. The minimum absolute atomic E-state index is 0.139. The molecule has 1 aliphatic heterocycles. The molecule has 0 spiro atoms. The average molecular weight is 488 g/mol. The number of nitrogens with zero attached hydrogens (tertiary/aromatic N) is 3. The summed E-state index contributed by atoms with van der Waals surface area (Å²) in [7, 11) is 4.08. The van der Waals surface area contributed by atoms with Gasteiger partial charge >= 0.3 is 0 Å². The van der Waals surface area contributed by atoms with E-state index < -0.39 is 0 Å². The second kappa shape index (κ2) is 9.67. The normalized spacial score (nSPS) is 19.2. The van der Waals surface area contributed by atoms with Gasteiger partial charge in [-0.3, -0.25) is 5.32 Å². The number of phenols is 1. The van der Waals surface area contributed by atoms with Crippen LogP contribution in [0.3, 0.4) is 0 Å². The molecule has 2 unspecified atom stereocenters. The van der Waals surface area contributed by atoms with Crippen molar-refractivity contribution in [2.45, 2.75) is 43.3 Å². The van der Waals surface area contributed by atoms with Crippen molar-refractivity contribution in [2.75, 3.05) is 20.7 Å². The fraction of sp³-hybridized carbons (Fsp3) is 0.357. The molecule has 2 aliphatic rings. The van der Waals surface area contributed by atoms with Crippen molar-refractivity contribution in [1.29, 1.82) is 5.26 Å². The Bertz CT molecular complexity index is 1330. The fourth-order valence-corrected chi connectivity index (χ4v) is 5.21. The molecule has 0 bridgehead atoms. The predicted molar refractivity (Wildman–Crippen MR) is 137 cm³/mol. The van der Waals surface area contributed by atoms with E-state index in [0.29, 0.717) is 30.3 Å². The molecule has 3 aromatic rings. The Morgan fingerprint density at radius 2 is 2.00 bits per heavy atom. The van der Waals surface area contributed by atoms with Gasteiger partial charge in [-0.2, -0.15) is 5.26 Å². The van der Waals surface area contributed by atoms with Crippen molar-refractivity contribution in [3.63, 3.8) is 0 Å². The Balaban J connectivity index is 1.37. The third-order valence-electron chi connectivity index (χ3n) is 7.18. The SMILES string of the molecule is CN(C)C(Cc1ccc(O)cc1)C1(NC(=NC2COc3c(c(F)cc4ccccc34)C2)NC#N)CC1. The number of benzene rings is 3. The van der Waals surface area contributed by atoms with Crippen LogP contribution in [0.5, 0.6) is 11.5 Å². The first-order chi connectivity index (χ1) is 17.4. The first-order valence-corrected chi connectivity index (χ1v) is 12.2. The largest absolute Gasteiger partial charge is 0.508 e. The van der Waals surface area contributed by atoms with Crippen molar-refractivity contribution in [2.24, 2.45) is 4.99 Å². The van der Waals surface area contributed by atoms with Crippen LogP contribution in [0.2, 0.25) is 0 Å². The number of hydrogen-bond donors (Lipinski definition) is 3. The van der Waals surface area contributed by atoms with E-state index in [9.17, 15) is 14.8 Å². The molecule has 1 aliphatic carbocycles. The second-order valence-electron chi connectivity index (χ2n) is 9.90. The van der Waals surface area contributed by atoms with Gasteiger partial charge in [0.25, 0.3) is 0 Å². The lowest BCUT2D eigenvalue weighted by molar-refractivity contribution is 0.225. The van der Waals surface area contributed by atoms with E-state index in [-0.39, 0.29) is 29.2 Å². The van der Waals surface area contributed by atoms with Gasteiger partial charge in [-0.15, -0.1) is 0 Å². The molecule has 0 amide bonds. The maximum Gasteiger partial charge on any atom is 0.205 e. The number of nitrogens with one attached hydrogen (secondary N) is 2. The number of likely N-dealkylation sites (N-methyl/N-ethyl adjacent to an activating group) is 1. The number of fused-ring (bicyclic) bond motifs is 3. The zero-order valence-electron chi connectivity index (χ0n) is 20.5. The summed E-state index contributed by atoms with van der Waals surface area (Å²) < 4.78 is 20.9. The molecule has 1 heterocycles. The summed E-state index contributed by atoms with van der Waals surface area (Å²) in [6, 6.07) is 16.2. The fourth-order valence-electron chi connectivity index (χ4n) is 5.21. The van der Waals surface area contributed by atoms with Gasteiger partial charge in [0.1, 0.15) is 23.9 Å². The molecular formula is C28H30FN5O2. The minimum atomic E-state index is -0.331. The van der Waals surface area contributed by atoms with Gasteiger partial charge in [0, 0.05) is 23.4 Å². The average Bonchev–Trinajstić information content (AvgIpc) is 3.64. The van der Waals surface area contributed by atoms with Crippen LogP contribution in [0, 0.1) is 17.3 Å². The van der Waals surface area contributed by atoms with Crippen LogP contribution in [-0.4, -0.2) is 54.3 Å². The van der Waals surface area contributed by atoms with Crippen LogP contribution >= 0.6 is 0 Å². The van der Waals surface area contributed by atoms with Gasteiger partial charge in [0.05, 0.1) is 11.6 Å². The zero-order chi connectivity index (χ0) is 25.3. The lowest BCUT2D eigenvalue weighted by atomic mass is 9.96. The van der Waals surface area contributed by atoms with Gasteiger partial charge < -0.3 is 20.1 Å². The summed E-state index contributed by atoms with van der Waals surface area (Å²) in [5.74, 6) is 0.908. The number of guanidine groups is 1. The number of phenolic OH excluding ortho intramolecular Hbond substituents is 1. The van der Waals surface area contributed by atoms with Crippen molar-refractivity contribution >= 4 is 16.7 Å². The van der Waals surface area contributed by atoms with Crippen molar-refractivity contribution < 1.29 is 14.2 Å². The molecule has 1 fully saturated rings. The Morgan fingerprint density at radius 1 is 1.25 bits per heavy atom. The van der Waals surface area contributed by atoms with Crippen LogP contribution in [0.15, 0.2) is 59.6 Å². The monoisotopic (exact) mass is 487 g/mol. The molecule has 1 saturated carbocycles. The summed E-state index contributed by atoms with van der Waals surface area (Å²) >= 11 is 0. The molecule has 186 valence electrons. The highest BCUT2D eigenvalue weighted by molar-refractivity contribution is 5.90. The summed E-state index contributed by atoms with van der Waals surface area (Å²) in [6.07, 6.45) is 5.02. The Labute approximate surface area is 210 Å². The Kier molecular flexibility index (Phi) is 6.42. The topological polar surface area (TPSA) is 92.9 Å². The van der Waals surface area contributed by atoms with E-state index in [0.717, 1.165) is 35.6 Å². The molecule has 7 nitrogen and oxygen atoms in total. The third kappa shape index (κ3) is 4.79. The number of nitriles is 1. The van der Waals surface area contributed by atoms with Crippen LogP contribution < -0.4 is 15.4 Å². The number of rotatable bonds is 6. The Hall–Kier alpha value is -3.83. The van der Waals surface area contributed by atoms with E-state index in [1.165, 1.54) is 0 Å². The predicted octanol–water partition coefficient (Wildman–Crippen LogP) is 3.71. The number of aliphatic imine (C=N–C) groups is 1. The van der Waals surface area contributed by atoms with E-state index >= 15 is 0 Å². The van der Waals surface area contributed by atoms with Crippen LogP contribution in [-0.2, 0) is 12.8 Å². The number of ether oxygens (including phenoxy) is 1. The number of halogens is 1. The van der Waals surface area contributed by atoms with Crippen molar-refractivity contribution in [1.82, 2.24) is 15.5 Å². The first kappa shape index (κ1) is 23.9. The van der Waals surface area contributed by atoms with Gasteiger partial charge in [-0.25, -0.2) is 9.38 Å². The molecule has 0 aromatic heterocycles. The molecule has 3 N–H and O–H groups in total. The Morgan fingerprint density at radius 3 is 2.69 bits per heavy atom. The van der Waals surface area contributed by atoms with Gasteiger partial charge in [0.2, 0.25) is 5.96 Å². The summed E-state index contributed by atoms with van der Waals surface area (Å²) in [5, 5.41) is 26.9. The van der Waals surface area contributed by atoms with Gasteiger partial charge in [0.15, 0.2) is 6.19 Å². The highest BCUT2D eigenvalue weighted by Gasteiger charge is 2.51. The standard InChI is InChI=1S/C28H30FN5O2/c1-34(2)25(13-18-7-9-21(35)10-8-18)28(11-12-28)33-27(31-17-30)32-20-15-23-24(29)14-19-5-3-4-6-22(19)26(23)36-16-20/h3-10,14,20,25,35H,11-13,15-16H2,1-2H3,(H2,31,32,33). The molecule has 3 aromatic carbocycles. The van der Waals surface area contributed by atoms with Gasteiger partial charge in [-0.1, -0.05) is 36.4 Å². The first-order valence-electron chi connectivity index (χ1n) is 12.2. The highest BCUT2D eigenvalue weighted by Crippen LogP contribution is 2.42. The molecule has 8 heteroatoms. The molecule has 5 rings (SSSR count). The summed E-state index contributed by atoms with van der Waals surface area (Å²) in [4.78, 5) is 6.94. The van der Waals surface area contributed by atoms with Gasteiger partial charge in [-0.05, 0) is 62.5 Å².